The maximum atomic E-state index is 15.0. The number of amides is 1. The predicted octanol–water partition coefficient (Wildman–Crippen LogP) is 4.79. The van der Waals surface area contributed by atoms with Crippen LogP contribution in [0.1, 0.15) is 28.7 Å². The fourth-order valence-electron chi connectivity index (χ4n) is 6.42. The Kier molecular flexibility index (Phi) is 6.46. The van der Waals surface area contributed by atoms with E-state index in [2.05, 4.69) is 15.5 Å². The Hall–Kier alpha value is -5.77. The van der Waals surface area contributed by atoms with Crippen molar-refractivity contribution >= 4 is 23.2 Å². The predicted molar refractivity (Wildman–Crippen MR) is 169 cm³/mol. The number of nitrogens with one attached hydrogen (secondary N) is 2. The van der Waals surface area contributed by atoms with Gasteiger partial charge in [0.25, 0.3) is 11.5 Å². The highest BCUT2D eigenvalue weighted by atomic mass is 16.5. The minimum Gasteiger partial charge on any atom is -0.497 e. The summed E-state index contributed by atoms with van der Waals surface area (Å²) in [6.07, 6.45) is 0. The molecule has 4 aromatic carbocycles. The zero-order chi connectivity index (χ0) is 30.4. The van der Waals surface area contributed by atoms with Crippen LogP contribution in [0, 0.1) is 5.41 Å². The second-order valence-corrected chi connectivity index (χ2v) is 10.7. The standard InChI is InChI=1S/C34H30N6O4/c1-43-25-17-13-21(14-18-25)28-27-30(37-39(31(27)41)23-9-5-3-6-10-23)36-29(22-15-19-26(44-2)20-16-22)34(28)32(35)38-40(33(34)42)24-11-7-4-8-12-24/h3-20,28-29,36-37H,1-2H3,(H2,35,38)/t28-,29-,34?/m0/s1. The van der Waals surface area contributed by atoms with Gasteiger partial charge in [0.15, 0.2) is 0 Å². The molecule has 44 heavy (non-hydrogen) atoms. The Balaban J connectivity index is 1.53. The lowest BCUT2D eigenvalue weighted by atomic mass is 9.60. The van der Waals surface area contributed by atoms with Gasteiger partial charge in [-0.25, -0.2) is 4.68 Å². The average molecular weight is 587 g/mol. The number of amidine groups is 1. The monoisotopic (exact) mass is 586 g/mol. The van der Waals surface area contributed by atoms with Gasteiger partial charge in [-0.05, 0) is 59.7 Å². The summed E-state index contributed by atoms with van der Waals surface area (Å²) >= 11 is 0. The van der Waals surface area contributed by atoms with Crippen LogP contribution in [0.5, 0.6) is 11.5 Å². The van der Waals surface area contributed by atoms with Crippen molar-refractivity contribution in [3.05, 3.63) is 136 Å². The first-order valence-electron chi connectivity index (χ1n) is 14.2. The molecule has 0 radical (unpaired) electrons. The number of benzene rings is 4. The van der Waals surface area contributed by atoms with Gasteiger partial charge in [0.1, 0.15) is 28.6 Å². The van der Waals surface area contributed by atoms with Crippen molar-refractivity contribution < 1.29 is 14.3 Å². The molecule has 3 atom stereocenters. The summed E-state index contributed by atoms with van der Waals surface area (Å²) in [5, 5.41) is 12.8. The number of aromatic nitrogens is 2. The topological polar surface area (TPSA) is 127 Å². The average Bonchev–Trinajstić information content (AvgIpc) is 3.54. The lowest BCUT2D eigenvalue weighted by Gasteiger charge is -2.45. The number of carbonyl (C=O) groups excluding carboxylic acids is 1. The highest BCUT2D eigenvalue weighted by Crippen LogP contribution is 2.58. The van der Waals surface area contributed by atoms with Crippen molar-refractivity contribution in [3.63, 3.8) is 0 Å². The number of H-pyrrole nitrogens is 1. The summed E-state index contributed by atoms with van der Waals surface area (Å²) in [5.74, 6) is 0.718. The molecule has 7 rings (SSSR count). The molecule has 2 aliphatic rings. The minimum atomic E-state index is -1.53. The number of hydrazone groups is 1. The number of aromatic amines is 1. The Morgan fingerprint density at radius 1 is 0.750 bits per heavy atom. The van der Waals surface area contributed by atoms with Crippen LogP contribution in [0.4, 0.5) is 11.5 Å². The number of nitrogens with two attached hydrogens (primary N) is 1. The maximum absolute atomic E-state index is 15.0. The van der Waals surface area contributed by atoms with Crippen LogP contribution in [0.2, 0.25) is 0 Å². The van der Waals surface area contributed by atoms with Crippen molar-refractivity contribution in [2.75, 3.05) is 24.5 Å². The molecule has 4 N–H and O–H groups in total. The third-order valence-corrected chi connectivity index (χ3v) is 8.51. The van der Waals surface area contributed by atoms with Gasteiger partial charge in [-0.15, -0.1) is 0 Å². The normalized spacial score (nSPS) is 20.6. The number of carbonyl (C=O) groups is 1. The second-order valence-electron chi connectivity index (χ2n) is 10.7. The van der Waals surface area contributed by atoms with E-state index in [1.807, 2.05) is 97.1 Å². The van der Waals surface area contributed by atoms with Gasteiger partial charge >= 0.3 is 0 Å². The van der Waals surface area contributed by atoms with Crippen LogP contribution in [-0.4, -0.2) is 35.7 Å². The summed E-state index contributed by atoms with van der Waals surface area (Å²) in [6.45, 7) is 0. The first kappa shape index (κ1) is 27.1. The number of para-hydroxylation sites is 2. The number of anilines is 2. The van der Waals surface area contributed by atoms with E-state index >= 15 is 4.79 Å². The van der Waals surface area contributed by atoms with Crippen LogP contribution in [0.15, 0.2) is 119 Å². The van der Waals surface area contributed by atoms with Crippen molar-refractivity contribution in [1.82, 2.24) is 9.78 Å². The van der Waals surface area contributed by atoms with Gasteiger partial charge in [0.2, 0.25) is 0 Å². The molecule has 1 aromatic heterocycles. The van der Waals surface area contributed by atoms with Gasteiger partial charge < -0.3 is 20.5 Å². The van der Waals surface area contributed by atoms with E-state index in [4.69, 9.17) is 15.2 Å². The van der Waals surface area contributed by atoms with Crippen molar-refractivity contribution in [2.45, 2.75) is 12.0 Å². The molecular formula is C34H30N6O4. The van der Waals surface area contributed by atoms with Gasteiger partial charge in [-0.1, -0.05) is 60.7 Å². The van der Waals surface area contributed by atoms with Crippen LogP contribution in [-0.2, 0) is 4.79 Å². The van der Waals surface area contributed by atoms with Gasteiger partial charge in [-0.2, -0.15) is 10.1 Å². The van der Waals surface area contributed by atoms with Gasteiger partial charge in [0, 0.05) is 5.92 Å². The maximum Gasteiger partial charge on any atom is 0.277 e. The van der Waals surface area contributed by atoms with Crippen molar-refractivity contribution in [1.29, 1.82) is 0 Å². The third kappa shape index (κ3) is 3.98. The summed E-state index contributed by atoms with van der Waals surface area (Å²) < 4.78 is 12.3. The number of methoxy groups -OCH3 is 2. The highest BCUT2D eigenvalue weighted by Gasteiger charge is 2.65. The van der Waals surface area contributed by atoms with E-state index in [0.717, 1.165) is 5.56 Å². The number of fused-ring (bicyclic) bond motifs is 1. The van der Waals surface area contributed by atoms with Crippen LogP contribution in [0.3, 0.4) is 0 Å². The summed E-state index contributed by atoms with van der Waals surface area (Å²) in [5.41, 5.74) is 8.19. The number of hydrogen-bond acceptors (Lipinski definition) is 7. The Morgan fingerprint density at radius 3 is 1.86 bits per heavy atom. The molecule has 5 aromatic rings. The zero-order valence-corrected chi connectivity index (χ0v) is 24.1. The number of rotatable bonds is 6. The molecule has 3 heterocycles. The fraction of sp³-hybridized carbons (Fsp3) is 0.147. The first-order valence-corrected chi connectivity index (χ1v) is 14.2. The van der Waals surface area contributed by atoms with Crippen LogP contribution >= 0.6 is 0 Å². The molecule has 0 saturated heterocycles. The molecule has 10 nitrogen and oxygen atoms in total. The van der Waals surface area contributed by atoms with E-state index in [-0.39, 0.29) is 17.3 Å². The van der Waals surface area contributed by atoms with E-state index in [1.165, 1.54) is 9.69 Å². The highest BCUT2D eigenvalue weighted by molar-refractivity contribution is 6.20. The second kappa shape index (κ2) is 10.5. The van der Waals surface area contributed by atoms with Crippen molar-refractivity contribution in [3.8, 4) is 17.2 Å². The Bertz CT molecular complexity index is 1920. The zero-order valence-electron chi connectivity index (χ0n) is 24.1. The molecule has 0 saturated carbocycles. The SMILES string of the molecule is COc1ccc([C@H]2c3c([nH]n(-c4ccccc4)c3=O)N[C@@H](c3ccc(OC)cc3)C23C(=O)N(c2ccccc2)N=C3N)cc1. The Labute approximate surface area is 253 Å². The van der Waals surface area contributed by atoms with Crippen molar-refractivity contribution in [2.24, 2.45) is 16.3 Å². The fourth-order valence-corrected chi connectivity index (χ4v) is 6.42. The molecule has 0 bridgehead atoms. The number of hydrogen-bond donors (Lipinski definition) is 3. The van der Waals surface area contributed by atoms with E-state index < -0.39 is 17.4 Å². The molecule has 0 aliphatic carbocycles. The van der Waals surface area contributed by atoms with E-state index in [1.54, 1.807) is 26.4 Å². The summed E-state index contributed by atoms with van der Waals surface area (Å²) in [7, 11) is 3.19. The van der Waals surface area contributed by atoms with Crippen LogP contribution < -0.4 is 31.1 Å². The smallest absolute Gasteiger partial charge is 0.277 e. The molecular weight excluding hydrogens is 556 g/mol. The minimum absolute atomic E-state index is 0.0954. The quantitative estimate of drug-likeness (QED) is 0.263. The molecule has 220 valence electrons. The molecule has 0 fully saturated rings. The third-order valence-electron chi connectivity index (χ3n) is 8.51. The number of nitrogens with zero attached hydrogens (tertiary/aromatic N) is 3. The lowest BCUT2D eigenvalue weighted by Crippen LogP contribution is -2.56. The molecule has 1 unspecified atom stereocenters. The summed E-state index contributed by atoms with van der Waals surface area (Å²) in [4.78, 5) is 29.4. The number of ether oxygens (including phenoxy) is 2. The van der Waals surface area contributed by atoms with Crippen LogP contribution in [0.25, 0.3) is 5.69 Å². The Morgan fingerprint density at radius 2 is 1.30 bits per heavy atom. The molecule has 1 amide bonds. The molecule has 1 spiro atoms. The van der Waals surface area contributed by atoms with Gasteiger partial charge in [-0.3, -0.25) is 14.7 Å². The first-order chi connectivity index (χ1) is 21.5. The van der Waals surface area contributed by atoms with E-state index in [0.29, 0.717) is 39.8 Å². The summed E-state index contributed by atoms with van der Waals surface area (Å²) in [6, 6.07) is 32.6. The largest absolute Gasteiger partial charge is 0.497 e. The molecule has 10 heteroatoms. The van der Waals surface area contributed by atoms with Gasteiger partial charge in [0.05, 0.1) is 37.2 Å². The lowest BCUT2D eigenvalue weighted by molar-refractivity contribution is -0.125. The molecule has 2 aliphatic heterocycles. The van der Waals surface area contributed by atoms with E-state index in [9.17, 15) is 4.79 Å².